The van der Waals surface area contributed by atoms with Gasteiger partial charge in [-0.25, -0.2) is 9.18 Å². The molecule has 2 amide bonds. The molecule has 0 aromatic heterocycles. The van der Waals surface area contributed by atoms with Crippen molar-refractivity contribution >= 4 is 29.4 Å². The zero-order valence-electron chi connectivity index (χ0n) is 16.3. The lowest BCUT2D eigenvalue weighted by Gasteiger charge is -2.35. The first-order valence-electron chi connectivity index (χ1n) is 9.22. The number of benzene rings is 2. The number of nitrogens with zero attached hydrogens (tertiary/aromatic N) is 2. The van der Waals surface area contributed by atoms with Crippen LogP contribution < -0.4 is 4.74 Å². The number of amides is 2. The molecule has 2 aromatic carbocycles. The molecule has 3 rings (SSSR count). The topological polar surface area (TPSA) is 76.2 Å². The highest BCUT2D eigenvalue weighted by atomic mass is 35.5. The molecule has 158 valence electrons. The Balaban J connectivity index is 1.61. The monoisotopic (exact) mass is 434 g/mol. The first-order chi connectivity index (χ1) is 14.4. The Kier molecular flexibility index (Phi) is 6.89. The van der Waals surface area contributed by atoms with Crippen LogP contribution in [0.25, 0.3) is 0 Å². The molecular weight excluding hydrogens is 415 g/mol. The highest BCUT2D eigenvalue weighted by Crippen LogP contribution is 2.19. The number of methoxy groups -OCH3 is 1. The fourth-order valence-corrected chi connectivity index (χ4v) is 3.22. The van der Waals surface area contributed by atoms with Gasteiger partial charge in [0.15, 0.2) is 6.61 Å². The Morgan fingerprint density at radius 2 is 1.67 bits per heavy atom. The van der Waals surface area contributed by atoms with E-state index in [0.29, 0.717) is 24.4 Å². The van der Waals surface area contributed by atoms with Gasteiger partial charge >= 0.3 is 5.97 Å². The molecule has 7 nitrogen and oxygen atoms in total. The highest BCUT2D eigenvalue weighted by Gasteiger charge is 2.27. The third-order valence-corrected chi connectivity index (χ3v) is 4.91. The van der Waals surface area contributed by atoms with E-state index in [1.54, 1.807) is 29.2 Å². The van der Waals surface area contributed by atoms with E-state index in [1.807, 2.05) is 0 Å². The van der Waals surface area contributed by atoms with E-state index in [1.165, 1.54) is 24.1 Å². The molecule has 0 radical (unpaired) electrons. The smallest absolute Gasteiger partial charge is 0.343 e. The van der Waals surface area contributed by atoms with Gasteiger partial charge in [-0.2, -0.15) is 0 Å². The zero-order valence-corrected chi connectivity index (χ0v) is 17.0. The molecular formula is C21H20ClFN2O5. The van der Waals surface area contributed by atoms with E-state index in [2.05, 4.69) is 4.74 Å². The molecule has 0 saturated carbocycles. The van der Waals surface area contributed by atoms with Crippen molar-refractivity contribution in [2.45, 2.75) is 0 Å². The van der Waals surface area contributed by atoms with Crippen LogP contribution in [-0.2, 0) is 9.53 Å². The van der Waals surface area contributed by atoms with Gasteiger partial charge in [0.2, 0.25) is 0 Å². The molecule has 0 unspecified atom stereocenters. The summed E-state index contributed by atoms with van der Waals surface area (Å²) in [5, 5.41) is 0.280. The van der Waals surface area contributed by atoms with Gasteiger partial charge in [-0.05, 0) is 36.4 Å². The lowest BCUT2D eigenvalue weighted by molar-refractivity contribution is -0.142. The van der Waals surface area contributed by atoms with Gasteiger partial charge in [0.1, 0.15) is 11.6 Å². The Morgan fingerprint density at radius 3 is 2.33 bits per heavy atom. The van der Waals surface area contributed by atoms with Crippen LogP contribution in [0.1, 0.15) is 20.7 Å². The maximum atomic E-state index is 14.0. The summed E-state index contributed by atoms with van der Waals surface area (Å²) in [5.74, 6) is -1.47. The summed E-state index contributed by atoms with van der Waals surface area (Å²) in [5.41, 5.74) is 0.316. The minimum Gasteiger partial charge on any atom is -0.482 e. The summed E-state index contributed by atoms with van der Waals surface area (Å²) in [6.45, 7) is 0.902. The van der Waals surface area contributed by atoms with Gasteiger partial charge in [0.25, 0.3) is 11.8 Å². The maximum Gasteiger partial charge on any atom is 0.343 e. The molecule has 0 spiro atoms. The molecule has 1 heterocycles. The average molecular weight is 435 g/mol. The van der Waals surface area contributed by atoms with Crippen LogP contribution in [-0.4, -0.2) is 67.5 Å². The van der Waals surface area contributed by atoms with Gasteiger partial charge in [0, 0.05) is 36.8 Å². The van der Waals surface area contributed by atoms with Crippen LogP contribution in [0.2, 0.25) is 5.02 Å². The predicted octanol–water partition coefficient (Wildman–Crippen LogP) is 2.63. The van der Waals surface area contributed by atoms with E-state index < -0.39 is 17.7 Å². The van der Waals surface area contributed by atoms with Crippen LogP contribution in [0.5, 0.6) is 5.75 Å². The largest absolute Gasteiger partial charge is 0.482 e. The molecule has 9 heteroatoms. The summed E-state index contributed by atoms with van der Waals surface area (Å²) in [6, 6.07) is 10.3. The van der Waals surface area contributed by atoms with Crippen molar-refractivity contribution in [2.75, 3.05) is 39.9 Å². The van der Waals surface area contributed by atoms with Crippen molar-refractivity contribution in [1.29, 1.82) is 0 Å². The number of carbonyl (C=O) groups excluding carboxylic acids is 3. The van der Waals surface area contributed by atoms with Crippen molar-refractivity contribution in [3.63, 3.8) is 0 Å². The Hall–Kier alpha value is -3.13. The van der Waals surface area contributed by atoms with E-state index >= 15 is 0 Å². The number of hydrogen-bond acceptors (Lipinski definition) is 5. The second-order valence-corrected chi connectivity index (χ2v) is 7.04. The van der Waals surface area contributed by atoms with Crippen LogP contribution >= 0.6 is 11.6 Å². The van der Waals surface area contributed by atoms with Crippen molar-refractivity contribution in [2.24, 2.45) is 0 Å². The van der Waals surface area contributed by atoms with E-state index in [9.17, 15) is 18.8 Å². The quantitative estimate of drug-likeness (QED) is 0.676. The van der Waals surface area contributed by atoms with E-state index in [0.717, 1.165) is 6.07 Å². The van der Waals surface area contributed by atoms with Gasteiger partial charge in [-0.1, -0.05) is 17.7 Å². The third-order valence-electron chi connectivity index (χ3n) is 4.68. The number of piperazine rings is 1. The average Bonchev–Trinajstić information content (AvgIpc) is 2.78. The van der Waals surface area contributed by atoms with Crippen molar-refractivity contribution in [3.8, 4) is 5.75 Å². The molecule has 0 bridgehead atoms. The highest BCUT2D eigenvalue weighted by molar-refractivity contribution is 6.31. The second kappa shape index (κ2) is 9.58. The summed E-state index contributed by atoms with van der Waals surface area (Å²) >= 11 is 5.87. The number of halogens is 2. The van der Waals surface area contributed by atoms with Gasteiger partial charge in [-0.15, -0.1) is 0 Å². The van der Waals surface area contributed by atoms with Crippen molar-refractivity contribution < 1.29 is 28.2 Å². The van der Waals surface area contributed by atoms with Crippen LogP contribution in [0.15, 0.2) is 42.5 Å². The number of ether oxygens (including phenoxy) is 2. The standard InChI is InChI=1S/C21H20ClFN2O5/c1-29-19(26)13-30-16-4-2-3-14(11-16)20(27)24-7-9-25(10-8-24)21(28)17-12-15(22)5-6-18(17)23/h2-6,11-12H,7-10,13H2,1H3. The minimum absolute atomic E-state index is 0.0854. The maximum absolute atomic E-state index is 14.0. The van der Waals surface area contributed by atoms with Crippen molar-refractivity contribution in [1.82, 2.24) is 9.80 Å². The summed E-state index contributed by atoms with van der Waals surface area (Å²) in [7, 11) is 1.26. The van der Waals surface area contributed by atoms with Gasteiger partial charge < -0.3 is 19.3 Å². The predicted molar refractivity (Wildman–Crippen MR) is 107 cm³/mol. The number of rotatable bonds is 5. The molecule has 1 aliphatic rings. The lowest BCUT2D eigenvalue weighted by atomic mass is 10.1. The van der Waals surface area contributed by atoms with Crippen molar-refractivity contribution in [3.05, 3.63) is 64.4 Å². The second-order valence-electron chi connectivity index (χ2n) is 6.60. The summed E-state index contributed by atoms with van der Waals surface area (Å²) in [4.78, 5) is 39.7. The number of hydrogen-bond donors (Lipinski definition) is 0. The van der Waals surface area contributed by atoms with Crippen LogP contribution in [0, 0.1) is 5.82 Å². The first kappa shape index (κ1) is 21.6. The first-order valence-corrected chi connectivity index (χ1v) is 9.60. The van der Waals surface area contributed by atoms with E-state index in [4.69, 9.17) is 16.3 Å². The Bertz CT molecular complexity index is 960. The molecule has 1 fully saturated rings. The molecule has 0 aliphatic carbocycles. The normalized spacial score (nSPS) is 13.7. The number of carbonyl (C=O) groups is 3. The van der Waals surface area contributed by atoms with Crippen LogP contribution in [0.4, 0.5) is 4.39 Å². The summed E-state index contributed by atoms with van der Waals surface area (Å²) in [6.07, 6.45) is 0. The molecule has 2 aromatic rings. The molecule has 0 atom stereocenters. The molecule has 1 aliphatic heterocycles. The lowest BCUT2D eigenvalue weighted by Crippen LogP contribution is -2.50. The van der Waals surface area contributed by atoms with E-state index in [-0.39, 0.29) is 36.2 Å². The third kappa shape index (κ3) is 5.07. The fraction of sp³-hybridized carbons (Fsp3) is 0.286. The van der Waals surface area contributed by atoms with Gasteiger partial charge in [0.05, 0.1) is 12.7 Å². The Labute approximate surface area is 177 Å². The fourth-order valence-electron chi connectivity index (χ4n) is 3.05. The minimum atomic E-state index is -0.633. The molecule has 30 heavy (non-hydrogen) atoms. The van der Waals surface area contributed by atoms with Crippen LogP contribution in [0.3, 0.4) is 0 Å². The number of esters is 1. The SMILES string of the molecule is COC(=O)COc1cccc(C(=O)N2CCN(C(=O)c3cc(Cl)ccc3F)CC2)c1. The molecule has 0 N–H and O–H groups in total. The van der Waals surface area contributed by atoms with Gasteiger partial charge in [-0.3, -0.25) is 9.59 Å². The summed E-state index contributed by atoms with van der Waals surface area (Å²) < 4.78 is 23.8. The Morgan fingerprint density at radius 1 is 1.00 bits per heavy atom. The zero-order chi connectivity index (χ0) is 21.7. The molecule has 1 saturated heterocycles.